The van der Waals surface area contributed by atoms with Gasteiger partial charge in [-0.15, -0.1) is 0 Å². The van der Waals surface area contributed by atoms with E-state index in [1.807, 2.05) is 88.2 Å². The molecule has 0 spiro atoms. The van der Waals surface area contributed by atoms with Gasteiger partial charge in [-0.1, -0.05) is 84.9 Å². The summed E-state index contributed by atoms with van der Waals surface area (Å²) in [5.74, 6) is 0.632. The van der Waals surface area contributed by atoms with Gasteiger partial charge < -0.3 is 19.1 Å². The van der Waals surface area contributed by atoms with Gasteiger partial charge in [-0.3, -0.25) is 14.5 Å². The van der Waals surface area contributed by atoms with E-state index >= 15 is 0 Å². The standard InChI is InChI=1S/C39H42N4O3/c1-31-13-10-17-34-28-42(37(44)29-41-26-21-33-16-8-9-20-36(33)41)24-11-22-40(27-32-14-4-2-5-15-32)23-12-25-43(39(31)34)38(45)30-46-35-18-6-3-7-19-35/h2-10,13-21,26H,11-12,22-25,27-30H2,1H3. The van der Waals surface area contributed by atoms with Crippen LogP contribution in [-0.2, 0) is 29.2 Å². The van der Waals surface area contributed by atoms with Gasteiger partial charge >= 0.3 is 0 Å². The average Bonchev–Trinajstić information content (AvgIpc) is 3.48. The van der Waals surface area contributed by atoms with Gasteiger partial charge in [-0.05, 0) is 66.1 Å². The van der Waals surface area contributed by atoms with E-state index in [1.54, 1.807) is 0 Å². The van der Waals surface area contributed by atoms with Crippen molar-refractivity contribution < 1.29 is 14.3 Å². The van der Waals surface area contributed by atoms with Crippen LogP contribution in [0.2, 0.25) is 0 Å². The molecule has 2 amide bonds. The molecule has 1 aliphatic heterocycles. The molecule has 0 saturated carbocycles. The fourth-order valence-electron chi connectivity index (χ4n) is 6.41. The third-order valence-corrected chi connectivity index (χ3v) is 8.70. The van der Waals surface area contributed by atoms with Crippen LogP contribution in [0, 0.1) is 6.92 Å². The maximum Gasteiger partial charge on any atom is 0.264 e. The molecule has 0 fully saturated rings. The molecule has 0 saturated heterocycles. The molecule has 236 valence electrons. The van der Waals surface area contributed by atoms with Gasteiger partial charge in [0.05, 0.1) is 5.69 Å². The van der Waals surface area contributed by atoms with Crippen molar-refractivity contribution in [1.29, 1.82) is 0 Å². The van der Waals surface area contributed by atoms with Gasteiger partial charge in [0, 0.05) is 51.0 Å². The molecule has 0 aliphatic carbocycles. The SMILES string of the molecule is Cc1cccc2c1N(C(=O)COc1ccccc1)CCCN(Cc1ccccc1)CCCN(C(=O)Cn1ccc3ccccc31)C2. The molecule has 0 unspecified atom stereocenters. The lowest BCUT2D eigenvalue weighted by molar-refractivity contribution is -0.132. The molecule has 6 rings (SSSR count). The monoisotopic (exact) mass is 614 g/mol. The van der Waals surface area contributed by atoms with Crippen LogP contribution in [0.4, 0.5) is 5.69 Å². The molecular formula is C39H42N4O3. The van der Waals surface area contributed by atoms with Crippen molar-refractivity contribution in [2.24, 2.45) is 0 Å². The van der Waals surface area contributed by atoms with Crippen molar-refractivity contribution in [2.75, 3.05) is 37.7 Å². The van der Waals surface area contributed by atoms with Gasteiger partial charge in [0.2, 0.25) is 5.91 Å². The molecule has 46 heavy (non-hydrogen) atoms. The first-order chi connectivity index (χ1) is 22.5. The second kappa shape index (κ2) is 14.9. The fourth-order valence-corrected chi connectivity index (χ4v) is 6.41. The molecule has 0 N–H and O–H groups in total. The molecule has 0 radical (unpaired) electrons. The number of ether oxygens (including phenoxy) is 1. The normalized spacial score (nSPS) is 14.7. The number of amides is 2. The summed E-state index contributed by atoms with van der Waals surface area (Å²) < 4.78 is 7.96. The number of aromatic nitrogens is 1. The third kappa shape index (κ3) is 7.66. The Balaban J connectivity index is 1.30. The number of nitrogens with zero attached hydrogens (tertiary/aromatic N) is 4. The van der Waals surface area contributed by atoms with Gasteiger partial charge in [0.25, 0.3) is 5.91 Å². The number of rotatable bonds is 7. The predicted molar refractivity (Wildman–Crippen MR) is 184 cm³/mol. The predicted octanol–water partition coefficient (Wildman–Crippen LogP) is 6.69. The van der Waals surface area contributed by atoms with Crippen molar-refractivity contribution in [3.05, 3.63) is 132 Å². The summed E-state index contributed by atoms with van der Waals surface area (Å²) in [5.41, 5.74) is 5.16. The van der Waals surface area contributed by atoms with E-state index in [0.717, 1.165) is 60.2 Å². The van der Waals surface area contributed by atoms with Crippen molar-refractivity contribution in [2.45, 2.75) is 39.4 Å². The van der Waals surface area contributed by atoms with E-state index in [2.05, 4.69) is 53.4 Å². The van der Waals surface area contributed by atoms with Crippen molar-refractivity contribution in [3.63, 3.8) is 0 Å². The second-order valence-corrected chi connectivity index (χ2v) is 12.0. The minimum atomic E-state index is -0.0947. The summed E-state index contributed by atoms with van der Waals surface area (Å²) in [6.45, 7) is 6.38. The molecule has 1 aliphatic rings. The van der Waals surface area contributed by atoms with E-state index in [1.165, 1.54) is 5.56 Å². The Morgan fingerprint density at radius 3 is 2.24 bits per heavy atom. The molecule has 0 atom stereocenters. The summed E-state index contributed by atoms with van der Waals surface area (Å²) in [6.07, 6.45) is 3.67. The highest BCUT2D eigenvalue weighted by molar-refractivity contribution is 5.96. The first-order valence-electron chi connectivity index (χ1n) is 16.2. The fraction of sp³-hybridized carbons (Fsp3) is 0.282. The topological polar surface area (TPSA) is 58.0 Å². The molecule has 5 aromatic rings. The zero-order chi connectivity index (χ0) is 31.7. The highest BCUT2D eigenvalue weighted by Crippen LogP contribution is 2.28. The lowest BCUT2D eigenvalue weighted by atomic mass is 10.0. The first kappa shape index (κ1) is 31.1. The van der Waals surface area contributed by atoms with E-state index in [0.29, 0.717) is 25.4 Å². The van der Waals surface area contributed by atoms with Gasteiger partial charge in [0.15, 0.2) is 6.61 Å². The Kier molecular flexibility index (Phi) is 10.1. The Bertz CT molecular complexity index is 1750. The van der Waals surface area contributed by atoms with E-state index in [4.69, 9.17) is 4.74 Å². The zero-order valence-corrected chi connectivity index (χ0v) is 26.6. The van der Waals surface area contributed by atoms with Crippen LogP contribution in [0.5, 0.6) is 5.75 Å². The third-order valence-electron chi connectivity index (χ3n) is 8.70. The number of fused-ring (bicyclic) bond motifs is 2. The molecule has 4 aromatic carbocycles. The minimum Gasteiger partial charge on any atom is -0.484 e. The summed E-state index contributed by atoms with van der Waals surface area (Å²) >= 11 is 0. The number of hydrogen-bond donors (Lipinski definition) is 0. The van der Waals surface area contributed by atoms with E-state index in [9.17, 15) is 9.59 Å². The number of carbonyl (C=O) groups excluding carboxylic acids is 2. The number of carbonyl (C=O) groups is 2. The van der Waals surface area contributed by atoms with Crippen LogP contribution in [0.1, 0.15) is 29.5 Å². The van der Waals surface area contributed by atoms with E-state index in [-0.39, 0.29) is 25.0 Å². The van der Waals surface area contributed by atoms with E-state index < -0.39 is 0 Å². The number of para-hydroxylation sites is 3. The molecule has 0 bridgehead atoms. The number of benzene rings is 4. The zero-order valence-electron chi connectivity index (χ0n) is 26.6. The maximum atomic E-state index is 14.1. The summed E-state index contributed by atoms with van der Waals surface area (Å²) in [4.78, 5) is 34.3. The number of aryl methyl sites for hydroxylation is 1. The Morgan fingerprint density at radius 1 is 0.717 bits per heavy atom. The van der Waals surface area contributed by atoms with Crippen LogP contribution in [0.15, 0.2) is 115 Å². The number of hydrogen-bond acceptors (Lipinski definition) is 4. The van der Waals surface area contributed by atoms with Crippen molar-refractivity contribution in [3.8, 4) is 5.75 Å². The lowest BCUT2D eigenvalue weighted by Crippen LogP contribution is -2.41. The quantitative estimate of drug-likeness (QED) is 0.205. The summed E-state index contributed by atoms with van der Waals surface area (Å²) in [6, 6.07) is 36.3. The molecular weight excluding hydrogens is 572 g/mol. The smallest absolute Gasteiger partial charge is 0.264 e. The van der Waals surface area contributed by atoms with Gasteiger partial charge in [-0.2, -0.15) is 0 Å². The first-order valence-corrected chi connectivity index (χ1v) is 16.2. The van der Waals surface area contributed by atoms with Crippen LogP contribution < -0.4 is 9.64 Å². The second-order valence-electron chi connectivity index (χ2n) is 12.0. The maximum absolute atomic E-state index is 14.1. The Morgan fingerprint density at radius 2 is 1.43 bits per heavy atom. The van der Waals surface area contributed by atoms with Crippen LogP contribution in [-0.4, -0.2) is 59.0 Å². The number of anilines is 1. The summed E-state index contributed by atoms with van der Waals surface area (Å²) in [7, 11) is 0. The Hall–Kier alpha value is -4.88. The lowest BCUT2D eigenvalue weighted by Gasteiger charge is -2.32. The Labute approximate surface area is 271 Å². The largest absolute Gasteiger partial charge is 0.484 e. The van der Waals surface area contributed by atoms with Gasteiger partial charge in [-0.25, -0.2) is 0 Å². The van der Waals surface area contributed by atoms with Crippen LogP contribution in [0.3, 0.4) is 0 Å². The molecule has 7 heteroatoms. The molecule has 7 nitrogen and oxygen atoms in total. The van der Waals surface area contributed by atoms with Crippen molar-refractivity contribution >= 4 is 28.4 Å². The van der Waals surface area contributed by atoms with Gasteiger partial charge in [0.1, 0.15) is 12.3 Å². The average molecular weight is 615 g/mol. The highest BCUT2D eigenvalue weighted by atomic mass is 16.5. The highest BCUT2D eigenvalue weighted by Gasteiger charge is 2.25. The van der Waals surface area contributed by atoms with Crippen LogP contribution in [0.25, 0.3) is 10.9 Å². The molecule has 2 heterocycles. The van der Waals surface area contributed by atoms with Crippen molar-refractivity contribution in [1.82, 2.24) is 14.4 Å². The summed E-state index contributed by atoms with van der Waals surface area (Å²) in [5, 5.41) is 1.12. The molecule has 1 aromatic heterocycles. The van der Waals surface area contributed by atoms with Crippen LogP contribution >= 0.6 is 0 Å². The minimum absolute atomic E-state index is 0.0606.